The summed E-state index contributed by atoms with van der Waals surface area (Å²) in [6, 6.07) is 3.65. The van der Waals surface area contributed by atoms with Crippen molar-refractivity contribution in [2.75, 3.05) is 26.8 Å². The molecule has 2 rings (SSSR count). The minimum Gasteiger partial charge on any atom is -0.493 e. The second-order valence-corrected chi connectivity index (χ2v) is 4.64. The molecular weight excluding hydrogens is 270 g/mol. The van der Waals surface area contributed by atoms with E-state index in [-0.39, 0.29) is 12.5 Å². The van der Waals surface area contributed by atoms with Crippen molar-refractivity contribution < 1.29 is 14.6 Å². The maximum atomic E-state index is 12.7. The van der Waals surface area contributed by atoms with Crippen LogP contribution >= 0.6 is 0 Å². The van der Waals surface area contributed by atoms with Gasteiger partial charge in [-0.25, -0.2) is 4.98 Å². The molecule has 2 aromatic rings. The summed E-state index contributed by atoms with van der Waals surface area (Å²) >= 11 is 0. The van der Waals surface area contributed by atoms with Crippen molar-refractivity contribution in [2.24, 2.45) is 0 Å². The number of carbonyl (C=O) groups excluding carboxylic acids is 1. The molecule has 2 heterocycles. The van der Waals surface area contributed by atoms with Crippen molar-refractivity contribution in [3.05, 3.63) is 29.7 Å². The quantitative estimate of drug-likeness (QED) is 0.872. The number of ether oxygens (including phenoxy) is 1. The first kappa shape index (κ1) is 15.3. The first-order valence-electron chi connectivity index (χ1n) is 7.11. The van der Waals surface area contributed by atoms with Crippen LogP contribution in [-0.4, -0.2) is 52.1 Å². The normalized spacial score (nSPS) is 10.9. The van der Waals surface area contributed by atoms with Gasteiger partial charge in [-0.3, -0.25) is 9.20 Å². The van der Waals surface area contributed by atoms with Crippen LogP contribution in [0.25, 0.3) is 5.65 Å². The van der Waals surface area contributed by atoms with Gasteiger partial charge in [0.25, 0.3) is 5.91 Å². The molecule has 0 bridgehead atoms. The predicted molar refractivity (Wildman–Crippen MR) is 79.8 cm³/mol. The van der Waals surface area contributed by atoms with Gasteiger partial charge >= 0.3 is 0 Å². The summed E-state index contributed by atoms with van der Waals surface area (Å²) in [4.78, 5) is 18.9. The fourth-order valence-electron chi connectivity index (χ4n) is 2.40. The van der Waals surface area contributed by atoms with Gasteiger partial charge in [-0.2, -0.15) is 0 Å². The lowest BCUT2D eigenvalue weighted by atomic mass is 10.2. The van der Waals surface area contributed by atoms with E-state index in [4.69, 9.17) is 9.84 Å². The molecule has 0 aliphatic heterocycles. The number of aryl methyl sites for hydroxylation is 1. The summed E-state index contributed by atoms with van der Waals surface area (Å²) in [5.74, 6) is 0.514. The third kappa shape index (κ3) is 2.71. The van der Waals surface area contributed by atoms with Gasteiger partial charge in [0, 0.05) is 19.3 Å². The minimum absolute atomic E-state index is 0.0545. The number of likely N-dealkylation sites (N-methyl/N-ethyl adjacent to an activating group) is 1. The number of aliphatic hydroxyl groups is 1. The lowest BCUT2D eigenvalue weighted by molar-refractivity contribution is 0.0724. The van der Waals surface area contributed by atoms with E-state index >= 15 is 0 Å². The summed E-state index contributed by atoms with van der Waals surface area (Å²) < 4.78 is 7.07. The molecule has 1 amide bonds. The monoisotopic (exact) mass is 291 g/mol. The van der Waals surface area contributed by atoms with E-state index < -0.39 is 0 Å². The van der Waals surface area contributed by atoms with Crippen molar-refractivity contribution in [3.8, 4) is 5.75 Å². The van der Waals surface area contributed by atoms with Gasteiger partial charge in [-0.05, 0) is 25.5 Å². The number of hydrogen-bond donors (Lipinski definition) is 1. The molecule has 2 aromatic heterocycles. The summed E-state index contributed by atoms with van der Waals surface area (Å²) in [7, 11) is 1.58. The van der Waals surface area contributed by atoms with Gasteiger partial charge in [-0.1, -0.05) is 6.92 Å². The van der Waals surface area contributed by atoms with Crippen LogP contribution in [0, 0.1) is 0 Å². The van der Waals surface area contributed by atoms with E-state index in [2.05, 4.69) is 4.98 Å². The molecule has 0 aliphatic rings. The molecule has 0 aliphatic carbocycles. The molecule has 0 fully saturated rings. The zero-order valence-corrected chi connectivity index (χ0v) is 12.7. The maximum Gasteiger partial charge on any atom is 0.272 e. The third-order valence-electron chi connectivity index (χ3n) is 3.48. The van der Waals surface area contributed by atoms with Crippen LogP contribution in [0.1, 0.15) is 30.0 Å². The van der Waals surface area contributed by atoms with Crippen molar-refractivity contribution in [1.29, 1.82) is 0 Å². The van der Waals surface area contributed by atoms with E-state index in [9.17, 15) is 4.79 Å². The van der Waals surface area contributed by atoms with Gasteiger partial charge in [0.2, 0.25) is 0 Å². The molecular formula is C15H21N3O3. The molecule has 0 spiro atoms. The first-order valence-corrected chi connectivity index (χ1v) is 7.11. The number of aliphatic hydroxyl groups excluding tert-OH is 1. The van der Waals surface area contributed by atoms with Crippen molar-refractivity contribution in [1.82, 2.24) is 14.3 Å². The Morgan fingerprint density at radius 1 is 1.48 bits per heavy atom. The van der Waals surface area contributed by atoms with Crippen molar-refractivity contribution in [3.63, 3.8) is 0 Å². The molecule has 0 atom stereocenters. The van der Waals surface area contributed by atoms with E-state index in [0.29, 0.717) is 36.6 Å². The number of fused-ring (bicyclic) bond motifs is 1. The van der Waals surface area contributed by atoms with Crippen LogP contribution < -0.4 is 4.74 Å². The molecule has 6 nitrogen and oxygen atoms in total. The Balaban J connectivity index is 2.59. The highest BCUT2D eigenvalue weighted by atomic mass is 16.5. The summed E-state index contributed by atoms with van der Waals surface area (Å²) in [5.41, 5.74) is 1.92. The Bertz CT molecular complexity index is 636. The molecule has 114 valence electrons. The van der Waals surface area contributed by atoms with Crippen LogP contribution in [0.15, 0.2) is 18.3 Å². The standard InChI is InChI=1S/C15H21N3O3/c1-4-11-13(15(20)17(5-2)9-10-19)18-8-6-7-12(21-3)14(18)16-11/h6-8,19H,4-5,9-10H2,1-3H3. The van der Waals surface area contributed by atoms with Crippen LogP contribution in [0.5, 0.6) is 5.75 Å². The van der Waals surface area contributed by atoms with Crippen LogP contribution in [0.3, 0.4) is 0 Å². The Kier molecular flexibility index (Phi) is 4.80. The molecule has 1 N–H and O–H groups in total. The number of carbonyl (C=O) groups is 1. The zero-order chi connectivity index (χ0) is 15.4. The van der Waals surface area contributed by atoms with E-state index in [0.717, 1.165) is 5.69 Å². The number of aromatic nitrogens is 2. The molecule has 0 aromatic carbocycles. The van der Waals surface area contributed by atoms with E-state index in [1.54, 1.807) is 16.4 Å². The fourth-order valence-corrected chi connectivity index (χ4v) is 2.40. The number of hydrogen-bond acceptors (Lipinski definition) is 4. The third-order valence-corrected chi connectivity index (χ3v) is 3.48. The first-order chi connectivity index (χ1) is 10.2. The number of pyridine rings is 1. The fraction of sp³-hybridized carbons (Fsp3) is 0.467. The number of amides is 1. The minimum atomic E-state index is -0.121. The highest BCUT2D eigenvalue weighted by Gasteiger charge is 2.23. The Labute approximate surface area is 124 Å². The molecule has 21 heavy (non-hydrogen) atoms. The number of methoxy groups -OCH3 is 1. The van der Waals surface area contributed by atoms with E-state index in [1.165, 1.54) is 0 Å². The lowest BCUT2D eigenvalue weighted by Crippen LogP contribution is -2.34. The summed E-state index contributed by atoms with van der Waals surface area (Å²) in [6.07, 6.45) is 2.46. The Morgan fingerprint density at radius 3 is 2.81 bits per heavy atom. The summed E-state index contributed by atoms with van der Waals surface area (Å²) in [6.45, 7) is 4.66. The van der Waals surface area contributed by atoms with Gasteiger partial charge in [0.1, 0.15) is 5.69 Å². The number of nitrogens with zero attached hydrogens (tertiary/aromatic N) is 3. The highest BCUT2D eigenvalue weighted by molar-refractivity contribution is 5.95. The van der Waals surface area contributed by atoms with Crippen LogP contribution in [-0.2, 0) is 6.42 Å². The maximum absolute atomic E-state index is 12.7. The molecule has 0 unspecified atom stereocenters. The van der Waals surface area contributed by atoms with Gasteiger partial charge in [0.15, 0.2) is 11.4 Å². The van der Waals surface area contributed by atoms with Crippen LogP contribution in [0.2, 0.25) is 0 Å². The molecule has 0 saturated carbocycles. The van der Waals surface area contributed by atoms with Crippen LogP contribution in [0.4, 0.5) is 0 Å². The average Bonchev–Trinajstić information content (AvgIpc) is 2.90. The number of rotatable bonds is 6. The van der Waals surface area contributed by atoms with Gasteiger partial charge in [0.05, 0.1) is 19.4 Å². The van der Waals surface area contributed by atoms with Crippen molar-refractivity contribution in [2.45, 2.75) is 20.3 Å². The topological polar surface area (TPSA) is 67.1 Å². The second kappa shape index (κ2) is 6.58. The van der Waals surface area contributed by atoms with Crippen molar-refractivity contribution >= 4 is 11.6 Å². The highest BCUT2D eigenvalue weighted by Crippen LogP contribution is 2.23. The Hall–Kier alpha value is -2.08. The smallest absolute Gasteiger partial charge is 0.272 e. The van der Waals surface area contributed by atoms with E-state index in [1.807, 2.05) is 32.2 Å². The number of imidazole rings is 1. The predicted octanol–water partition coefficient (Wildman–Crippen LogP) is 1.36. The molecule has 0 radical (unpaired) electrons. The largest absolute Gasteiger partial charge is 0.493 e. The SMILES string of the molecule is CCc1nc2c(OC)cccn2c1C(=O)N(CC)CCO. The average molecular weight is 291 g/mol. The second-order valence-electron chi connectivity index (χ2n) is 4.64. The molecule has 6 heteroatoms. The Morgan fingerprint density at radius 2 is 2.24 bits per heavy atom. The van der Waals surface area contributed by atoms with Gasteiger partial charge in [-0.15, -0.1) is 0 Å². The molecule has 0 saturated heterocycles. The van der Waals surface area contributed by atoms with Gasteiger partial charge < -0.3 is 14.7 Å². The lowest BCUT2D eigenvalue weighted by Gasteiger charge is -2.20. The summed E-state index contributed by atoms with van der Waals surface area (Å²) in [5, 5.41) is 9.10. The zero-order valence-electron chi connectivity index (χ0n) is 12.7.